The minimum atomic E-state index is -4.77. The third-order valence-electron chi connectivity index (χ3n) is 12.0. The van der Waals surface area contributed by atoms with E-state index in [1.165, 1.54) is 51.4 Å². The number of unbranched alkanes of at least 4 members (excludes halogenated alkanes) is 20. The Morgan fingerprint density at radius 3 is 1.15 bits per heavy atom. The van der Waals surface area contributed by atoms with Gasteiger partial charge < -0.3 is 24.2 Å². The van der Waals surface area contributed by atoms with E-state index < -0.39 is 57.8 Å². The highest BCUT2D eigenvalue weighted by atomic mass is 31.2. The van der Waals surface area contributed by atoms with Crippen LogP contribution in [0.15, 0.2) is 97.2 Å². The molecule has 0 saturated heterocycles. The minimum absolute atomic E-state index is 0.139. The SMILES string of the molecule is CC/C=C\C/C=C\C/C=C\C/C=C\CCCCC(=O)OCC(COP(=O)(O)OCC(CO)OC(=O)CCCCCCC/C=C\CCCCCC)OC(=O)CCCCCCCC/C=C\C/C=C\C/C=C\CCCCC. The van der Waals surface area contributed by atoms with Crippen molar-refractivity contribution in [2.45, 2.75) is 251 Å². The summed E-state index contributed by atoms with van der Waals surface area (Å²) in [6, 6.07) is 0. The number of phosphoric acid groups is 1. The Labute approximate surface area is 451 Å². The van der Waals surface area contributed by atoms with Crippen LogP contribution in [0, 0.1) is 0 Å². The highest BCUT2D eigenvalue weighted by Crippen LogP contribution is 2.43. The zero-order chi connectivity index (χ0) is 54.1. The van der Waals surface area contributed by atoms with Gasteiger partial charge in [0.15, 0.2) is 6.10 Å². The van der Waals surface area contributed by atoms with Crippen LogP contribution in [0.2, 0.25) is 0 Å². The number of hydrogen-bond acceptors (Lipinski definition) is 10. The second-order valence-electron chi connectivity index (χ2n) is 19.1. The molecule has 11 nitrogen and oxygen atoms in total. The summed E-state index contributed by atoms with van der Waals surface area (Å²) in [5.41, 5.74) is 0. The van der Waals surface area contributed by atoms with Gasteiger partial charge in [-0.15, -0.1) is 0 Å². The summed E-state index contributed by atoms with van der Waals surface area (Å²) < 4.78 is 39.5. The van der Waals surface area contributed by atoms with E-state index in [1.54, 1.807) is 0 Å². The van der Waals surface area contributed by atoms with E-state index in [2.05, 4.69) is 118 Å². The largest absolute Gasteiger partial charge is 0.472 e. The molecule has 74 heavy (non-hydrogen) atoms. The predicted molar refractivity (Wildman–Crippen MR) is 307 cm³/mol. The molecule has 0 aliphatic carbocycles. The fourth-order valence-corrected chi connectivity index (χ4v) is 8.31. The molecule has 12 heteroatoms. The molecule has 0 fully saturated rings. The number of aliphatic hydroxyl groups is 1. The number of carbonyl (C=O) groups excluding carboxylic acids is 3. The Morgan fingerprint density at radius 1 is 0.392 bits per heavy atom. The van der Waals surface area contributed by atoms with Crippen LogP contribution < -0.4 is 0 Å². The maximum absolute atomic E-state index is 12.9. The van der Waals surface area contributed by atoms with E-state index in [1.807, 2.05) is 0 Å². The van der Waals surface area contributed by atoms with Crippen LogP contribution in [0.4, 0.5) is 0 Å². The first-order chi connectivity index (χ1) is 36.2. The molecule has 2 N–H and O–H groups in total. The van der Waals surface area contributed by atoms with Crippen molar-refractivity contribution in [3.8, 4) is 0 Å². The van der Waals surface area contributed by atoms with Crippen molar-refractivity contribution in [1.82, 2.24) is 0 Å². The quantitative estimate of drug-likeness (QED) is 0.0197. The molecule has 0 amide bonds. The van der Waals surface area contributed by atoms with E-state index in [0.717, 1.165) is 128 Å². The Kier molecular flexibility index (Phi) is 52.9. The van der Waals surface area contributed by atoms with Crippen molar-refractivity contribution in [3.63, 3.8) is 0 Å². The zero-order valence-electron chi connectivity index (χ0n) is 46.8. The molecule has 0 radical (unpaired) electrons. The van der Waals surface area contributed by atoms with Gasteiger partial charge in [-0.3, -0.25) is 23.4 Å². The fourth-order valence-electron chi connectivity index (χ4n) is 7.52. The van der Waals surface area contributed by atoms with E-state index in [9.17, 15) is 28.9 Å². The minimum Gasteiger partial charge on any atom is -0.462 e. The summed E-state index contributed by atoms with van der Waals surface area (Å²) in [6.07, 6.45) is 65.1. The summed E-state index contributed by atoms with van der Waals surface area (Å²) in [6.45, 7) is 4.41. The fraction of sp³-hybridized carbons (Fsp3) is 0.694. The molecular weight excluding hydrogens is 952 g/mol. The topological polar surface area (TPSA) is 155 Å². The number of carbonyl (C=O) groups is 3. The van der Waals surface area contributed by atoms with Crippen LogP contribution in [0.1, 0.15) is 239 Å². The van der Waals surface area contributed by atoms with Crippen LogP contribution in [0.25, 0.3) is 0 Å². The van der Waals surface area contributed by atoms with Crippen LogP contribution >= 0.6 is 7.82 Å². The molecule has 0 aliphatic rings. The molecule has 0 saturated carbocycles. The second kappa shape index (κ2) is 55.6. The van der Waals surface area contributed by atoms with Crippen molar-refractivity contribution in [2.75, 3.05) is 26.4 Å². The molecule has 424 valence electrons. The lowest BCUT2D eigenvalue weighted by molar-refractivity contribution is -0.161. The molecule has 0 aromatic carbocycles. The summed E-state index contributed by atoms with van der Waals surface area (Å²) in [5, 5.41) is 9.81. The van der Waals surface area contributed by atoms with E-state index >= 15 is 0 Å². The number of aliphatic hydroxyl groups excluding tert-OH is 1. The van der Waals surface area contributed by atoms with E-state index in [0.29, 0.717) is 19.3 Å². The molecule has 0 aromatic heterocycles. The van der Waals surface area contributed by atoms with Crippen molar-refractivity contribution >= 4 is 25.7 Å². The van der Waals surface area contributed by atoms with Gasteiger partial charge in [0.1, 0.15) is 12.7 Å². The highest BCUT2D eigenvalue weighted by molar-refractivity contribution is 7.47. The van der Waals surface area contributed by atoms with Gasteiger partial charge >= 0.3 is 25.7 Å². The van der Waals surface area contributed by atoms with E-state index in [4.69, 9.17) is 23.3 Å². The second-order valence-corrected chi connectivity index (χ2v) is 20.5. The third kappa shape index (κ3) is 53.2. The summed E-state index contributed by atoms with van der Waals surface area (Å²) in [4.78, 5) is 48.5. The Morgan fingerprint density at radius 2 is 0.703 bits per heavy atom. The van der Waals surface area contributed by atoms with Gasteiger partial charge in [0.05, 0.1) is 19.8 Å². The zero-order valence-corrected chi connectivity index (χ0v) is 47.7. The number of phosphoric ester groups is 1. The molecule has 0 heterocycles. The van der Waals surface area contributed by atoms with Gasteiger partial charge in [-0.2, -0.15) is 0 Å². The van der Waals surface area contributed by atoms with Gasteiger partial charge in [-0.1, -0.05) is 195 Å². The van der Waals surface area contributed by atoms with Gasteiger partial charge in [0.2, 0.25) is 0 Å². The molecule has 3 atom stereocenters. The maximum atomic E-state index is 12.9. The normalized spacial score (nSPS) is 14.1. The maximum Gasteiger partial charge on any atom is 0.472 e. The van der Waals surface area contributed by atoms with E-state index in [-0.39, 0.29) is 25.9 Å². The number of hydrogen-bond donors (Lipinski definition) is 2. The van der Waals surface area contributed by atoms with Gasteiger partial charge in [0, 0.05) is 19.3 Å². The average molecular weight is 1060 g/mol. The first kappa shape index (κ1) is 70.4. The van der Waals surface area contributed by atoms with Crippen LogP contribution in [0.5, 0.6) is 0 Å². The van der Waals surface area contributed by atoms with Gasteiger partial charge in [-0.05, 0) is 122 Å². The Hall–Kier alpha value is -3.60. The lowest BCUT2D eigenvalue weighted by Gasteiger charge is -2.21. The Balaban J connectivity index is 4.82. The standard InChI is InChI=1S/C62H105O11P/c1-4-7-10-13-16-19-22-25-27-28-29-30-32-35-38-41-44-47-50-53-62(66)73-59(55-69-60(64)51-48-45-42-39-36-34-31-26-23-20-17-14-11-8-5-2)57-71-74(67,68)70-56-58(54-63)72-61(65)52-49-46-43-40-37-33-24-21-18-15-12-9-6-3/h8,11,16-17,19-21,24-27,29-31,36,39,58-59,63H,4-7,9-10,12-15,18,22-23,28,32-35,37-38,40-57H2,1-3H3,(H,67,68)/b11-8-,19-16-,20-17-,24-21-,27-25-,30-29-,31-26-,39-36-. The monoisotopic (exact) mass is 1060 g/mol. The molecule has 0 rings (SSSR count). The van der Waals surface area contributed by atoms with Gasteiger partial charge in [0.25, 0.3) is 0 Å². The lowest BCUT2D eigenvalue weighted by Crippen LogP contribution is -2.30. The number of allylic oxidation sites excluding steroid dienone is 16. The van der Waals surface area contributed by atoms with Crippen molar-refractivity contribution < 1.29 is 52.2 Å². The molecule has 0 aromatic rings. The molecule has 0 spiro atoms. The summed E-state index contributed by atoms with van der Waals surface area (Å²) in [5.74, 6) is -1.54. The number of ether oxygens (including phenoxy) is 3. The summed E-state index contributed by atoms with van der Waals surface area (Å²) in [7, 11) is -4.77. The highest BCUT2D eigenvalue weighted by Gasteiger charge is 2.28. The first-order valence-electron chi connectivity index (χ1n) is 29.1. The number of esters is 3. The number of rotatable bonds is 53. The van der Waals surface area contributed by atoms with Gasteiger partial charge in [-0.25, -0.2) is 4.57 Å². The predicted octanol–water partition coefficient (Wildman–Crippen LogP) is 17.3. The van der Waals surface area contributed by atoms with Crippen molar-refractivity contribution in [1.29, 1.82) is 0 Å². The molecule has 0 bridgehead atoms. The smallest absolute Gasteiger partial charge is 0.462 e. The Bertz CT molecular complexity index is 1610. The molecule has 3 unspecified atom stereocenters. The van der Waals surface area contributed by atoms with Crippen LogP contribution in [-0.4, -0.2) is 66.5 Å². The molecule has 0 aliphatic heterocycles. The molecular formula is C62H105O11P. The van der Waals surface area contributed by atoms with Crippen LogP contribution in [0.3, 0.4) is 0 Å². The van der Waals surface area contributed by atoms with Crippen molar-refractivity contribution in [3.05, 3.63) is 97.2 Å². The first-order valence-corrected chi connectivity index (χ1v) is 30.6. The third-order valence-corrected chi connectivity index (χ3v) is 12.9. The lowest BCUT2D eigenvalue weighted by atomic mass is 10.1. The average Bonchev–Trinajstić information content (AvgIpc) is 3.39. The van der Waals surface area contributed by atoms with Crippen LogP contribution in [-0.2, 0) is 42.2 Å². The summed E-state index contributed by atoms with van der Waals surface area (Å²) >= 11 is 0. The van der Waals surface area contributed by atoms with Crippen molar-refractivity contribution in [2.24, 2.45) is 0 Å².